The molecule has 1 atom stereocenters. The summed E-state index contributed by atoms with van der Waals surface area (Å²) in [6.45, 7) is 7.17. The Morgan fingerprint density at radius 1 is 1.38 bits per heavy atom. The van der Waals surface area contributed by atoms with Gasteiger partial charge >= 0.3 is 0 Å². The largest absolute Gasteiger partial charge is 0.479 e. The highest BCUT2D eigenvalue weighted by Crippen LogP contribution is 2.32. The highest BCUT2D eigenvalue weighted by atomic mass is 35.5. The van der Waals surface area contributed by atoms with E-state index in [1.807, 2.05) is 0 Å². The molecule has 0 bridgehead atoms. The van der Waals surface area contributed by atoms with E-state index in [-0.39, 0.29) is 11.9 Å². The normalized spacial score (nSPS) is 17.5. The number of carbonyl (C=O) groups is 1. The van der Waals surface area contributed by atoms with Gasteiger partial charge in [-0.1, -0.05) is 42.6 Å². The number of amides is 1. The molecule has 1 heterocycles. The Balaban J connectivity index is 1.79. The molecule has 0 saturated carbocycles. The zero-order valence-electron chi connectivity index (χ0n) is 14.4. The van der Waals surface area contributed by atoms with Crippen LogP contribution in [0, 0.1) is 0 Å². The van der Waals surface area contributed by atoms with Gasteiger partial charge < -0.3 is 15.0 Å². The summed E-state index contributed by atoms with van der Waals surface area (Å²) in [4.78, 5) is 14.8. The summed E-state index contributed by atoms with van der Waals surface area (Å²) in [7, 11) is 0. The van der Waals surface area contributed by atoms with Gasteiger partial charge in [-0.2, -0.15) is 0 Å². The molecule has 1 unspecified atom stereocenters. The summed E-state index contributed by atoms with van der Waals surface area (Å²) in [5, 5.41) is 3.84. The first-order valence-electron chi connectivity index (χ1n) is 8.64. The lowest BCUT2D eigenvalue weighted by atomic mass is 10.0. The van der Waals surface area contributed by atoms with Crippen molar-refractivity contribution in [1.29, 1.82) is 0 Å². The molecule has 134 valence electrons. The molecule has 1 saturated heterocycles. The van der Waals surface area contributed by atoms with Crippen LogP contribution >= 0.6 is 23.2 Å². The van der Waals surface area contributed by atoms with Gasteiger partial charge in [-0.05, 0) is 44.9 Å². The summed E-state index contributed by atoms with van der Waals surface area (Å²) >= 11 is 12.1. The van der Waals surface area contributed by atoms with Crippen LogP contribution in [0.5, 0.6) is 5.75 Å². The van der Waals surface area contributed by atoms with E-state index in [9.17, 15) is 4.79 Å². The van der Waals surface area contributed by atoms with Crippen LogP contribution < -0.4 is 10.1 Å². The van der Waals surface area contributed by atoms with Gasteiger partial charge in [0.25, 0.3) is 5.91 Å². The second-order valence-corrected chi connectivity index (χ2v) is 7.08. The Morgan fingerprint density at radius 3 is 2.75 bits per heavy atom. The van der Waals surface area contributed by atoms with Crippen LogP contribution in [0.2, 0.25) is 10.0 Å². The Bertz CT molecular complexity index is 546. The molecule has 1 amide bonds. The fourth-order valence-corrected chi connectivity index (χ4v) is 3.16. The van der Waals surface area contributed by atoms with Crippen LogP contribution in [0.25, 0.3) is 0 Å². The fraction of sp³-hybridized carbons (Fsp3) is 0.611. The van der Waals surface area contributed by atoms with Crippen molar-refractivity contribution in [3.8, 4) is 5.75 Å². The second-order valence-electron chi connectivity index (χ2n) is 6.29. The van der Waals surface area contributed by atoms with Gasteiger partial charge in [0.15, 0.2) is 6.10 Å². The Morgan fingerprint density at radius 2 is 2.08 bits per heavy atom. The van der Waals surface area contributed by atoms with Crippen molar-refractivity contribution in [2.24, 2.45) is 0 Å². The molecule has 0 aromatic heterocycles. The number of hydrogen-bond donors (Lipinski definition) is 1. The van der Waals surface area contributed by atoms with Crippen molar-refractivity contribution in [2.45, 2.75) is 51.7 Å². The van der Waals surface area contributed by atoms with Gasteiger partial charge in [0.1, 0.15) is 10.8 Å². The second kappa shape index (κ2) is 9.50. The number of unbranched alkanes of at least 4 members (excludes halogenated alkanes) is 1. The first kappa shape index (κ1) is 19.4. The molecule has 1 aliphatic heterocycles. The van der Waals surface area contributed by atoms with Crippen LogP contribution in [0.1, 0.15) is 39.5 Å². The van der Waals surface area contributed by atoms with Crippen molar-refractivity contribution >= 4 is 29.1 Å². The maximum absolute atomic E-state index is 12.3. The zero-order chi connectivity index (χ0) is 17.5. The molecule has 1 aromatic rings. The molecule has 0 aliphatic carbocycles. The minimum atomic E-state index is -0.612. The minimum absolute atomic E-state index is 0.113. The lowest BCUT2D eigenvalue weighted by molar-refractivity contribution is -0.128. The van der Waals surface area contributed by atoms with Gasteiger partial charge in [-0.25, -0.2) is 0 Å². The Hall–Kier alpha value is -0.970. The summed E-state index contributed by atoms with van der Waals surface area (Å²) in [5.74, 6) is 0.319. The summed E-state index contributed by atoms with van der Waals surface area (Å²) < 4.78 is 5.66. The number of piperidine rings is 1. The molecule has 24 heavy (non-hydrogen) atoms. The lowest BCUT2D eigenvalue weighted by Crippen LogP contribution is -2.48. The highest BCUT2D eigenvalue weighted by molar-refractivity contribution is 6.42. The fourth-order valence-electron chi connectivity index (χ4n) is 2.82. The highest BCUT2D eigenvalue weighted by Gasteiger charge is 2.23. The van der Waals surface area contributed by atoms with E-state index < -0.39 is 6.10 Å². The minimum Gasteiger partial charge on any atom is -0.479 e. The van der Waals surface area contributed by atoms with Crippen molar-refractivity contribution in [3.05, 3.63) is 28.2 Å². The SMILES string of the molecule is CCCCN1CCC(NC(=O)C(C)Oc2cccc(Cl)c2Cl)CC1. The zero-order valence-corrected chi connectivity index (χ0v) is 15.9. The summed E-state index contributed by atoms with van der Waals surface area (Å²) in [5.41, 5.74) is 0. The number of ether oxygens (including phenoxy) is 1. The molecule has 1 N–H and O–H groups in total. The van der Waals surface area contributed by atoms with Gasteiger partial charge in [0, 0.05) is 19.1 Å². The predicted molar refractivity (Wildman–Crippen MR) is 99.1 cm³/mol. The van der Waals surface area contributed by atoms with Crippen molar-refractivity contribution < 1.29 is 9.53 Å². The standard InChI is InChI=1S/C18H26Cl2N2O2/c1-3-4-10-22-11-8-14(9-12-22)21-18(23)13(2)24-16-7-5-6-15(19)17(16)20/h5-7,13-14H,3-4,8-12H2,1-2H3,(H,21,23). The smallest absolute Gasteiger partial charge is 0.260 e. The van der Waals surface area contributed by atoms with Crippen molar-refractivity contribution in [1.82, 2.24) is 10.2 Å². The number of rotatable bonds is 7. The topological polar surface area (TPSA) is 41.6 Å². The average Bonchev–Trinajstić information content (AvgIpc) is 2.58. The number of nitrogens with one attached hydrogen (secondary N) is 1. The maximum Gasteiger partial charge on any atom is 0.260 e. The number of likely N-dealkylation sites (tertiary alicyclic amines) is 1. The molecule has 4 nitrogen and oxygen atoms in total. The van der Waals surface area contributed by atoms with Gasteiger partial charge in [0.2, 0.25) is 0 Å². The number of halogens is 2. The molecular formula is C18H26Cl2N2O2. The Kier molecular flexibility index (Phi) is 7.66. The molecule has 0 radical (unpaired) electrons. The first-order valence-corrected chi connectivity index (χ1v) is 9.40. The third-order valence-corrected chi connectivity index (χ3v) is 5.15. The van der Waals surface area contributed by atoms with Crippen molar-refractivity contribution in [2.75, 3.05) is 19.6 Å². The van der Waals surface area contributed by atoms with Gasteiger partial charge in [-0.15, -0.1) is 0 Å². The van der Waals surface area contributed by atoms with E-state index in [0.717, 1.165) is 32.5 Å². The monoisotopic (exact) mass is 372 g/mol. The maximum atomic E-state index is 12.3. The first-order chi connectivity index (χ1) is 11.5. The van der Waals surface area contributed by atoms with Crippen LogP contribution in [-0.4, -0.2) is 42.6 Å². The molecule has 1 aromatic carbocycles. The van der Waals surface area contributed by atoms with E-state index >= 15 is 0 Å². The number of nitrogens with zero attached hydrogens (tertiary/aromatic N) is 1. The van der Waals surface area contributed by atoms with Crippen LogP contribution in [-0.2, 0) is 4.79 Å². The molecule has 1 aliphatic rings. The van der Waals surface area contributed by atoms with Crippen LogP contribution in [0.3, 0.4) is 0 Å². The number of benzene rings is 1. The van der Waals surface area contributed by atoms with Crippen LogP contribution in [0.15, 0.2) is 18.2 Å². The number of hydrogen-bond acceptors (Lipinski definition) is 3. The van der Waals surface area contributed by atoms with E-state index in [1.54, 1.807) is 25.1 Å². The summed E-state index contributed by atoms with van der Waals surface area (Å²) in [6, 6.07) is 5.37. The van der Waals surface area contributed by atoms with E-state index in [4.69, 9.17) is 27.9 Å². The lowest BCUT2D eigenvalue weighted by Gasteiger charge is -2.32. The molecular weight excluding hydrogens is 347 g/mol. The van der Waals surface area contributed by atoms with E-state index in [1.165, 1.54) is 12.8 Å². The third-order valence-electron chi connectivity index (χ3n) is 4.35. The Labute approximate surface area is 154 Å². The van der Waals surface area contributed by atoms with E-state index in [2.05, 4.69) is 17.1 Å². The summed E-state index contributed by atoms with van der Waals surface area (Å²) in [6.07, 6.45) is 3.82. The quantitative estimate of drug-likeness (QED) is 0.781. The molecule has 0 spiro atoms. The van der Waals surface area contributed by atoms with Gasteiger partial charge in [0.05, 0.1) is 5.02 Å². The molecule has 6 heteroatoms. The average molecular weight is 373 g/mol. The third kappa shape index (κ3) is 5.54. The molecule has 1 fully saturated rings. The van der Waals surface area contributed by atoms with E-state index in [0.29, 0.717) is 15.8 Å². The van der Waals surface area contributed by atoms with Crippen molar-refractivity contribution in [3.63, 3.8) is 0 Å². The van der Waals surface area contributed by atoms with Gasteiger partial charge in [-0.3, -0.25) is 4.79 Å². The number of carbonyl (C=O) groups excluding carboxylic acids is 1. The van der Waals surface area contributed by atoms with Crippen LogP contribution in [0.4, 0.5) is 0 Å². The molecule has 2 rings (SSSR count). The predicted octanol–water partition coefficient (Wildman–Crippen LogP) is 4.14.